The molecule has 0 unspecified atom stereocenters. The van der Waals surface area contributed by atoms with Gasteiger partial charge in [0.25, 0.3) is 0 Å². The average molecular weight is 228 g/mol. The number of hydrogen-bond acceptors (Lipinski definition) is 1. The molecule has 0 aliphatic carbocycles. The third-order valence-corrected chi connectivity index (χ3v) is 3.27. The zero-order valence-corrected chi connectivity index (χ0v) is 11.3. The van der Waals surface area contributed by atoms with Crippen LogP contribution in [0.25, 0.3) is 10.8 Å². The lowest BCUT2D eigenvalue weighted by Gasteiger charge is -2.14. The van der Waals surface area contributed by atoms with Crippen molar-refractivity contribution in [2.45, 2.75) is 33.6 Å². The second-order valence-corrected chi connectivity index (χ2v) is 5.05. The highest BCUT2D eigenvalue weighted by Crippen LogP contribution is 2.31. The first-order chi connectivity index (χ1) is 8.02. The summed E-state index contributed by atoms with van der Waals surface area (Å²) in [5.41, 5.74) is 3.93. The molecule has 0 bridgehead atoms. The lowest BCUT2D eigenvalue weighted by molar-refractivity contribution is 0.412. The summed E-state index contributed by atoms with van der Waals surface area (Å²) in [4.78, 5) is 0. The Kier molecular flexibility index (Phi) is 3.10. The van der Waals surface area contributed by atoms with E-state index in [1.165, 1.54) is 27.5 Å². The summed E-state index contributed by atoms with van der Waals surface area (Å²) in [6.07, 6.45) is 0. The molecule has 0 heterocycles. The molecule has 1 nitrogen and oxygen atoms in total. The van der Waals surface area contributed by atoms with Gasteiger partial charge < -0.3 is 4.74 Å². The van der Waals surface area contributed by atoms with E-state index in [-0.39, 0.29) is 0 Å². The zero-order chi connectivity index (χ0) is 12.6. The highest BCUT2D eigenvalue weighted by molar-refractivity contribution is 5.89. The van der Waals surface area contributed by atoms with E-state index in [0.717, 1.165) is 5.75 Å². The van der Waals surface area contributed by atoms with E-state index in [0.29, 0.717) is 5.92 Å². The molecule has 0 atom stereocenters. The summed E-state index contributed by atoms with van der Waals surface area (Å²) in [5, 5.41) is 2.63. The number of methoxy groups -OCH3 is 1. The van der Waals surface area contributed by atoms with Crippen LogP contribution in [0.5, 0.6) is 5.75 Å². The summed E-state index contributed by atoms with van der Waals surface area (Å²) < 4.78 is 5.39. The first-order valence-electron chi connectivity index (χ1n) is 6.12. The number of aryl methyl sites for hydroxylation is 2. The number of benzene rings is 2. The van der Waals surface area contributed by atoms with Gasteiger partial charge in [-0.3, -0.25) is 0 Å². The smallest absolute Gasteiger partial charge is 0.122 e. The third-order valence-electron chi connectivity index (χ3n) is 3.27. The van der Waals surface area contributed by atoms with Crippen molar-refractivity contribution in [3.63, 3.8) is 0 Å². The SMILES string of the molecule is COc1cc2cc(C)cc(C(C)C)c2cc1C. The van der Waals surface area contributed by atoms with Crippen LogP contribution in [0.3, 0.4) is 0 Å². The lowest BCUT2D eigenvalue weighted by Crippen LogP contribution is -1.94. The second-order valence-electron chi connectivity index (χ2n) is 5.05. The zero-order valence-electron chi connectivity index (χ0n) is 11.3. The van der Waals surface area contributed by atoms with Gasteiger partial charge in [0, 0.05) is 0 Å². The monoisotopic (exact) mass is 228 g/mol. The molecule has 0 saturated carbocycles. The Balaban J connectivity index is 2.80. The Labute approximate surface area is 103 Å². The second kappa shape index (κ2) is 4.40. The summed E-state index contributed by atoms with van der Waals surface area (Å²) in [6, 6.07) is 8.90. The molecule has 0 spiro atoms. The van der Waals surface area contributed by atoms with Crippen LogP contribution >= 0.6 is 0 Å². The molecule has 0 fully saturated rings. The van der Waals surface area contributed by atoms with Gasteiger partial charge in [0.05, 0.1) is 7.11 Å². The van der Waals surface area contributed by atoms with E-state index in [9.17, 15) is 0 Å². The molecular weight excluding hydrogens is 208 g/mol. The summed E-state index contributed by atoms with van der Waals surface area (Å²) in [5.74, 6) is 1.52. The van der Waals surface area contributed by atoms with Crippen molar-refractivity contribution < 1.29 is 4.74 Å². The largest absolute Gasteiger partial charge is 0.496 e. The van der Waals surface area contributed by atoms with Crippen LogP contribution in [0.4, 0.5) is 0 Å². The summed E-state index contributed by atoms with van der Waals surface area (Å²) in [7, 11) is 1.73. The standard InChI is InChI=1S/C16H20O/c1-10(2)14-7-11(3)6-13-9-16(17-5)12(4)8-15(13)14/h6-10H,1-5H3. The lowest BCUT2D eigenvalue weighted by atomic mass is 9.93. The van der Waals surface area contributed by atoms with E-state index in [4.69, 9.17) is 4.74 Å². The van der Waals surface area contributed by atoms with Crippen LogP contribution in [0, 0.1) is 13.8 Å². The van der Waals surface area contributed by atoms with Gasteiger partial charge in [-0.05, 0) is 53.8 Å². The van der Waals surface area contributed by atoms with E-state index in [1.54, 1.807) is 7.11 Å². The number of rotatable bonds is 2. The maximum atomic E-state index is 5.39. The molecule has 1 heteroatoms. The van der Waals surface area contributed by atoms with Gasteiger partial charge in [0.15, 0.2) is 0 Å². The first kappa shape index (κ1) is 12.0. The predicted octanol–water partition coefficient (Wildman–Crippen LogP) is 4.59. The van der Waals surface area contributed by atoms with Crippen LogP contribution in [0.1, 0.15) is 36.5 Å². The molecule has 0 saturated heterocycles. The number of hydrogen-bond donors (Lipinski definition) is 0. The quantitative estimate of drug-likeness (QED) is 0.730. The number of ether oxygens (including phenoxy) is 1. The van der Waals surface area contributed by atoms with Crippen LogP contribution < -0.4 is 4.74 Å². The molecule has 2 rings (SSSR count). The van der Waals surface area contributed by atoms with Gasteiger partial charge in [-0.25, -0.2) is 0 Å². The van der Waals surface area contributed by atoms with Gasteiger partial charge in [0.2, 0.25) is 0 Å². The predicted molar refractivity (Wildman–Crippen MR) is 74.1 cm³/mol. The molecule has 0 radical (unpaired) electrons. The molecule has 0 aliphatic rings. The minimum atomic E-state index is 0.546. The van der Waals surface area contributed by atoms with Gasteiger partial charge in [-0.15, -0.1) is 0 Å². The fourth-order valence-electron chi connectivity index (χ4n) is 2.38. The van der Waals surface area contributed by atoms with E-state index in [1.807, 2.05) is 0 Å². The van der Waals surface area contributed by atoms with Gasteiger partial charge in [-0.1, -0.05) is 31.5 Å². The van der Waals surface area contributed by atoms with Crippen molar-refractivity contribution in [1.82, 2.24) is 0 Å². The molecule has 0 amide bonds. The normalized spacial score (nSPS) is 11.2. The van der Waals surface area contributed by atoms with E-state index in [2.05, 4.69) is 52.0 Å². The molecule has 0 aliphatic heterocycles. The Bertz CT molecular complexity index is 553. The fourth-order valence-corrected chi connectivity index (χ4v) is 2.38. The molecule has 2 aromatic rings. The maximum absolute atomic E-state index is 5.39. The minimum absolute atomic E-state index is 0.546. The van der Waals surface area contributed by atoms with Gasteiger partial charge in [-0.2, -0.15) is 0 Å². The van der Waals surface area contributed by atoms with Crippen molar-refractivity contribution in [3.05, 3.63) is 41.0 Å². The minimum Gasteiger partial charge on any atom is -0.496 e. The number of fused-ring (bicyclic) bond motifs is 1. The summed E-state index contributed by atoms with van der Waals surface area (Å²) in [6.45, 7) is 8.74. The van der Waals surface area contributed by atoms with Crippen LogP contribution in [0.2, 0.25) is 0 Å². The fraction of sp³-hybridized carbons (Fsp3) is 0.375. The summed E-state index contributed by atoms with van der Waals surface area (Å²) >= 11 is 0. The molecular formula is C16H20O. The van der Waals surface area contributed by atoms with Crippen molar-refractivity contribution in [2.24, 2.45) is 0 Å². The van der Waals surface area contributed by atoms with Crippen molar-refractivity contribution in [2.75, 3.05) is 7.11 Å². The highest BCUT2D eigenvalue weighted by Gasteiger charge is 2.09. The van der Waals surface area contributed by atoms with Crippen LogP contribution in [0.15, 0.2) is 24.3 Å². The molecule has 90 valence electrons. The van der Waals surface area contributed by atoms with Crippen LogP contribution in [-0.2, 0) is 0 Å². The Hall–Kier alpha value is -1.50. The van der Waals surface area contributed by atoms with Crippen molar-refractivity contribution in [1.29, 1.82) is 0 Å². The molecule has 0 aromatic heterocycles. The van der Waals surface area contributed by atoms with Crippen LogP contribution in [-0.4, -0.2) is 7.11 Å². The van der Waals surface area contributed by atoms with Crippen molar-refractivity contribution >= 4 is 10.8 Å². The molecule has 17 heavy (non-hydrogen) atoms. The molecule has 0 N–H and O–H groups in total. The van der Waals surface area contributed by atoms with E-state index < -0.39 is 0 Å². The first-order valence-corrected chi connectivity index (χ1v) is 6.12. The topological polar surface area (TPSA) is 9.23 Å². The molecule has 2 aromatic carbocycles. The Morgan fingerprint density at radius 3 is 2.29 bits per heavy atom. The average Bonchev–Trinajstić information content (AvgIpc) is 2.27. The third kappa shape index (κ3) is 2.14. The highest BCUT2D eigenvalue weighted by atomic mass is 16.5. The van der Waals surface area contributed by atoms with Crippen molar-refractivity contribution in [3.8, 4) is 5.75 Å². The maximum Gasteiger partial charge on any atom is 0.122 e. The van der Waals surface area contributed by atoms with Gasteiger partial charge in [0.1, 0.15) is 5.75 Å². The Morgan fingerprint density at radius 1 is 1.00 bits per heavy atom. The van der Waals surface area contributed by atoms with Gasteiger partial charge >= 0.3 is 0 Å². The Morgan fingerprint density at radius 2 is 1.71 bits per heavy atom. The van der Waals surface area contributed by atoms with E-state index >= 15 is 0 Å².